The third kappa shape index (κ3) is 6.39. The maximum atomic E-state index is 13.2. The molecule has 0 radical (unpaired) electrons. The van der Waals surface area contributed by atoms with Gasteiger partial charge < -0.3 is 19.7 Å². The Morgan fingerprint density at radius 3 is 2.51 bits per heavy atom. The molecule has 1 aliphatic heterocycles. The first-order valence-electron chi connectivity index (χ1n) is 14.4. The number of carbonyl (C=O) groups excluding carboxylic acids is 2. The molecule has 43 heavy (non-hydrogen) atoms. The lowest BCUT2D eigenvalue weighted by atomic mass is 9.98. The number of piperidine rings is 1. The van der Waals surface area contributed by atoms with Gasteiger partial charge in [-0.25, -0.2) is 9.78 Å². The molecule has 7 nitrogen and oxygen atoms in total. The Labute approximate surface area is 255 Å². The quantitative estimate of drug-likeness (QED) is 0.187. The molecule has 1 saturated heterocycles. The minimum absolute atomic E-state index is 0.118. The van der Waals surface area contributed by atoms with Gasteiger partial charge in [-0.3, -0.25) is 4.79 Å². The first kappa shape index (κ1) is 28.4. The fourth-order valence-electron chi connectivity index (χ4n) is 5.46. The predicted molar refractivity (Wildman–Crippen MR) is 172 cm³/mol. The fourth-order valence-corrected chi connectivity index (χ4v) is 6.54. The van der Waals surface area contributed by atoms with Crippen LogP contribution in [0.2, 0.25) is 0 Å². The van der Waals surface area contributed by atoms with Crippen molar-refractivity contribution in [1.29, 1.82) is 0 Å². The molecule has 0 aliphatic carbocycles. The topological polar surface area (TPSA) is 80.8 Å². The van der Waals surface area contributed by atoms with E-state index in [4.69, 9.17) is 9.47 Å². The Morgan fingerprint density at radius 2 is 1.77 bits per heavy atom. The number of hydrogen-bond donors (Lipinski definition) is 1. The average Bonchev–Trinajstić information content (AvgIpc) is 3.40. The van der Waals surface area contributed by atoms with Crippen LogP contribution in [-0.2, 0) is 4.74 Å². The van der Waals surface area contributed by atoms with Gasteiger partial charge in [0.25, 0.3) is 5.91 Å². The summed E-state index contributed by atoms with van der Waals surface area (Å²) in [7, 11) is 1.37. The molecular formula is C35H33N3O4S. The number of rotatable bonds is 8. The van der Waals surface area contributed by atoms with Gasteiger partial charge in [0, 0.05) is 17.8 Å². The van der Waals surface area contributed by atoms with Gasteiger partial charge in [-0.15, -0.1) is 11.3 Å². The summed E-state index contributed by atoms with van der Waals surface area (Å²) in [5, 5.41) is 4.14. The number of esters is 1. The number of methoxy groups -OCH3 is 1. The van der Waals surface area contributed by atoms with Gasteiger partial charge in [-0.05, 0) is 90.2 Å². The summed E-state index contributed by atoms with van der Waals surface area (Å²) in [5.74, 6) is 1.50. The zero-order valence-corrected chi connectivity index (χ0v) is 25.0. The molecule has 218 valence electrons. The highest BCUT2D eigenvalue weighted by atomic mass is 32.1. The van der Waals surface area contributed by atoms with Gasteiger partial charge in [0.05, 0.1) is 36.0 Å². The number of pyridine rings is 1. The molecule has 1 amide bonds. The van der Waals surface area contributed by atoms with Crippen molar-refractivity contribution in [2.24, 2.45) is 5.92 Å². The highest BCUT2D eigenvalue weighted by Gasteiger charge is 2.22. The zero-order valence-electron chi connectivity index (χ0n) is 24.2. The van der Waals surface area contributed by atoms with Gasteiger partial charge in [0.1, 0.15) is 11.6 Å². The van der Waals surface area contributed by atoms with Crippen LogP contribution in [0.1, 0.15) is 38.4 Å². The van der Waals surface area contributed by atoms with Crippen molar-refractivity contribution < 1.29 is 19.1 Å². The minimum atomic E-state index is -0.371. The number of benzene rings is 3. The summed E-state index contributed by atoms with van der Waals surface area (Å²) in [5.41, 5.74) is 4.45. The van der Waals surface area contributed by atoms with E-state index in [0.717, 1.165) is 58.5 Å². The van der Waals surface area contributed by atoms with Crippen molar-refractivity contribution in [3.8, 4) is 16.9 Å². The largest absolute Gasteiger partial charge is 0.493 e. The monoisotopic (exact) mass is 591 g/mol. The molecule has 3 heterocycles. The second-order valence-electron chi connectivity index (χ2n) is 10.8. The first-order chi connectivity index (χ1) is 21.0. The Bertz CT molecular complexity index is 1740. The molecule has 0 unspecified atom stereocenters. The van der Waals surface area contributed by atoms with Crippen molar-refractivity contribution in [2.75, 3.05) is 37.0 Å². The highest BCUT2D eigenvalue weighted by Crippen LogP contribution is 2.34. The van der Waals surface area contributed by atoms with E-state index in [9.17, 15) is 9.59 Å². The number of thiophene rings is 1. The summed E-state index contributed by atoms with van der Waals surface area (Å²) < 4.78 is 11.9. The van der Waals surface area contributed by atoms with Crippen LogP contribution in [0.4, 0.5) is 11.5 Å². The van der Waals surface area contributed by atoms with Crippen LogP contribution in [0.5, 0.6) is 5.75 Å². The van der Waals surface area contributed by atoms with Crippen molar-refractivity contribution in [2.45, 2.75) is 19.8 Å². The van der Waals surface area contributed by atoms with Crippen molar-refractivity contribution in [3.05, 3.63) is 107 Å². The van der Waals surface area contributed by atoms with Crippen LogP contribution in [0, 0.1) is 12.8 Å². The van der Waals surface area contributed by atoms with Crippen molar-refractivity contribution in [1.82, 2.24) is 4.98 Å². The average molecular weight is 592 g/mol. The smallest absolute Gasteiger partial charge is 0.337 e. The van der Waals surface area contributed by atoms with Crippen LogP contribution in [-0.4, -0.2) is 43.7 Å². The number of anilines is 2. The normalized spacial score (nSPS) is 13.6. The van der Waals surface area contributed by atoms with Crippen LogP contribution in [0.25, 0.3) is 21.2 Å². The molecular weight excluding hydrogens is 558 g/mol. The number of fused-ring (bicyclic) bond motifs is 1. The summed E-state index contributed by atoms with van der Waals surface area (Å²) in [6.07, 6.45) is 3.69. The zero-order chi connectivity index (χ0) is 29.8. The number of aryl methyl sites for hydroxylation is 1. The van der Waals surface area contributed by atoms with Gasteiger partial charge >= 0.3 is 5.97 Å². The Kier molecular flexibility index (Phi) is 8.38. The van der Waals surface area contributed by atoms with E-state index < -0.39 is 0 Å². The van der Waals surface area contributed by atoms with Gasteiger partial charge in [-0.1, -0.05) is 42.5 Å². The molecule has 2 aromatic heterocycles. The van der Waals surface area contributed by atoms with E-state index in [1.807, 2.05) is 43.3 Å². The lowest BCUT2D eigenvalue weighted by Gasteiger charge is -2.32. The predicted octanol–water partition coefficient (Wildman–Crippen LogP) is 7.61. The molecule has 3 aromatic carbocycles. The Morgan fingerprint density at radius 1 is 0.953 bits per heavy atom. The van der Waals surface area contributed by atoms with Gasteiger partial charge in [0.2, 0.25) is 0 Å². The number of ether oxygens (including phenoxy) is 2. The molecule has 6 rings (SSSR count). The van der Waals surface area contributed by atoms with Crippen LogP contribution >= 0.6 is 11.3 Å². The first-order valence-corrected chi connectivity index (χ1v) is 15.2. The second kappa shape index (κ2) is 12.7. The Hall–Kier alpha value is -4.69. The third-order valence-electron chi connectivity index (χ3n) is 7.93. The summed E-state index contributed by atoms with van der Waals surface area (Å²) in [6.45, 7) is 4.36. The lowest BCUT2D eigenvalue weighted by Crippen LogP contribution is -2.36. The van der Waals surface area contributed by atoms with Crippen LogP contribution in [0.3, 0.4) is 0 Å². The van der Waals surface area contributed by atoms with Gasteiger partial charge in [0.15, 0.2) is 0 Å². The van der Waals surface area contributed by atoms with E-state index in [0.29, 0.717) is 34.4 Å². The molecule has 0 atom stereocenters. The maximum Gasteiger partial charge on any atom is 0.337 e. The van der Waals surface area contributed by atoms with Crippen LogP contribution in [0.15, 0.2) is 91.1 Å². The summed E-state index contributed by atoms with van der Waals surface area (Å²) in [4.78, 5) is 32.6. The fraction of sp³-hybridized carbons (Fsp3) is 0.229. The second-order valence-corrected chi connectivity index (χ2v) is 11.8. The molecule has 5 aromatic rings. The van der Waals surface area contributed by atoms with E-state index in [1.165, 1.54) is 18.4 Å². The molecule has 0 bridgehead atoms. The standard InChI is InChI=1S/C35H33N3O4S/c1-23-30-20-26(25-7-4-3-5-8-25)11-13-31(30)43-33(23)34(39)37-28-12-14-32(36-21-28)38-17-15-24(16-18-38)22-42-29-10-6-9-27(19-29)35(40)41-2/h3-14,19-21,24H,15-18,22H2,1-2H3,(H,37,39). The summed E-state index contributed by atoms with van der Waals surface area (Å²) >= 11 is 1.52. The van der Waals surface area contributed by atoms with Crippen molar-refractivity contribution >= 4 is 44.8 Å². The maximum absolute atomic E-state index is 13.2. The number of nitrogens with zero attached hydrogens (tertiary/aromatic N) is 2. The minimum Gasteiger partial charge on any atom is -0.493 e. The number of hydrogen-bond acceptors (Lipinski definition) is 7. The molecule has 8 heteroatoms. The third-order valence-corrected chi connectivity index (χ3v) is 9.21. The Balaban J connectivity index is 1.03. The number of carbonyl (C=O) groups is 2. The van der Waals surface area contributed by atoms with E-state index in [1.54, 1.807) is 24.4 Å². The number of nitrogens with one attached hydrogen (secondary N) is 1. The molecule has 0 saturated carbocycles. The SMILES string of the molecule is COC(=O)c1cccc(OCC2CCN(c3ccc(NC(=O)c4sc5ccc(-c6ccccc6)cc5c4C)cn3)CC2)c1. The highest BCUT2D eigenvalue weighted by molar-refractivity contribution is 7.21. The van der Waals surface area contributed by atoms with E-state index in [-0.39, 0.29) is 11.9 Å². The van der Waals surface area contributed by atoms with Crippen molar-refractivity contribution in [3.63, 3.8) is 0 Å². The van der Waals surface area contributed by atoms with E-state index in [2.05, 4.69) is 45.5 Å². The molecule has 1 aliphatic rings. The summed E-state index contributed by atoms with van der Waals surface area (Å²) in [6, 6.07) is 27.6. The molecule has 1 N–H and O–H groups in total. The van der Waals surface area contributed by atoms with Gasteiger partial charge in [-0.2, -0.15) is 0 Å². The molecule has 1 fully saturated rings. The molecule has 0 spiro atoms. The van der Waals surface area contributed by atoms with Crippen LogP contribution < -0.4 is 15.0 Å². The number of amides is 1. The van der Waals surface area contributed by atoms with E-state index >= 15 is 0 Å². The number of aromatic nitrogens is 1. The lowest BCUT2D eigenvalue weighted by molar-refractivity contribution is 0.0600.